The van der Waals surface area contributed by atoms with Crippen LogP contribution in [0.5, 0.6) is 0 Å². The van der Waals surface area contributed by atoms with E-state index in [9.17, 15) is 22.8 Å². The molecule has 8 nitrogen and oxygen atoms in total. The monoisotopic (exact) mass is 421 g/mol. The fraction of sp³-hybridized carbons (Fsp3) is 0.368. The number of carbonyl (C=O) groups excluding carboxylic acids is 1. The van der Waals surface area contributed by atoms with Gasteiger partial charge in [-0.15, -0.1) is 0 Å². The van der Waals surface area contributed by atoms with Crippen LogP contribution in [-0.4, -0.2) is 54.4 Å². The Morgan fingerprint density at radius 3 is 2.53 bits per heavy atom. The minimum atomic E-state index is -4.83. The van der Waals surface area contributed by atoms with Gasteiger partial charge in [-0.2, -0.15) is 23.4 Å². The number of hydrogen-bond acceptors (Lipinski definition) is 4. The van der Waals surface area contributed by atoms with Crippen molar-refractivity contribution >= 4 is 17.4 Å². The molecule has 0 unspecified atom stereocenters. The molecule has 30 heavy (non-hydrogen) atoms. The molecule has 158 valence electrons. The summed E-state index contributed by atoms with van der Waals surface area (Å²) in [6.45, 7) is 0.532. The molecule has 1 fully saturated rings. The first-order valence-corrected chi connectivity index (χ1v) is 9.32. The molecule has 1 N–H and O–H groups in total. The number of carbonyl (C=O) groups is 2. The Hall–Kier alpha value is -3.37. The zero-order valence-corrected chi connectivity index (χ0v) is 15.7. The molecular formula is C19H18F3N5O3. The molecular weight excluding hydrogens is 403 g/mol. The van der Waals surface area contributed by atoms with E-state index in [-0.39, 0.29) is 38.3 Å². The molecule has 0 aromatic carbocycles. The summed E-state index contributed by atoms with van der Waals surface area (Å²) >= 11 is 0. The Balaban J connectivity index is 1.45. The van der Waals surface area contributed by atoms with E-state index in [1.54, 1.807) is 21.8 Å². The van der Waals surface area contributed by atoms with Gasteiger partial charge in [0, 0.05) is 24.8 Å². The number of aromatic nitrogens is 4. The third-order valence-electron chi connectivity index (χ3n) is 5.31. The number of likely N-dealkylation sites (tertiary alicyclic amines) is 1. The Morgan fingerprint density at radius 1 is 1.13 bits per heavy atom. The minimum Gasteiger partial charge on any atom is -0.478 e. The zero-order valence-electron chi connectivity index (χ0n) is 15.7. The second-order valence-corrected chi connectivity index (χ2v) is 7.14. The molecule has 1 aliphatic heterocycles. The summed E-state index contributed by atoms with van der Waals surface area (Å²) in [5.74, 6) is -1.80. The number of carboxylic acids is 1. The Bertz CT molecular complexity index is 1100. The molecule has 0 bridgehead atoms. The van der Waals surface area contributed by atoms with Crippen molar-refractivity contribution in [3.63, 3.8) is 0 Å². The van der Waals surface area contributed by atoms with E-state index in [2.05, 4.69) is 10.2 Å². The van der Waals surface area contributed by atoms with Gasteiger partial charge in [-0.25, -0.2) is 9.31 Å². The summed E-state index contributed by atoms with van der Waals surface area (Å²) in [5.41, 5.74) is -0.520. The van der Waals surface area contributed by atoms with Gasteiger partial charge < -0.3 is 10.0 Å². The molecule has 3 aromatic heterocycles. The summed E-state index contributed by atoms with van der Waals surface area (Å²) in [6.07, 6.45) is -0.0324. The zero-order chi connectivity index (χ0) is 21.5. The van der Waals surface area contributed by atoms with Crippen LogP contribution >= 0.6 is 0 Å². The lowest BCUT2D eigenvalue weighted by Crippen LogP contribution is -2.40. The van der Waals surface area contributed by atoms with Crippen LogP contribution < -0.4 is 0 Å². The first-order valence-electron chi connectivity index (χ1n) is 9.32. The number of aromatic carboxylic acids is 1. The highest BCUT2D eigenvalue weighted by Crippen LogP contribution is 2.36. The minimum absolute atomic E-state index is 0.130. The van der Waals surface area contributed by atoms with Gasteiger partial charge in [0.2, 0.25) is 5.91 Å². The van der Waals surface area contributed by atoms with Gasteiger partial charge in [0.1, 0.15) is 5.56 Å². The van der Waals surface area contributed by atoms with Crippen molar-refractivity contribution in [2.24, 2.45) is 0 Å². The molecule has 4 heterocycles. The lowest BCUT2D eigenvalue weighted by molar-refractivity contribution is -0.146. The number of halogens is 3. The Labute approximate surface area is 168 Å². The number of rotatable bonds is 4. The highest BCUT2D eigenvalue weighted by atomic mass is 19.4. The summed E-state index contributed by atoms with van der Waals surface area (Å²) in [7, 11) is 0. The largest absolute Gasteiger partial charge is 0.478 e. The number of piperidine rings is 1. The van der Waals surface area contributed by atoms with E-state index in [0.717, 1.165) is 22.0 Å². The molecule has 0 aliphatic carbocycles. The lowest BCUT2D eigenvalue weighted by atomic mass is 10.0. The molecule has 1 aliphatic rings. The highest BCUT2D eigenvalue weighted by Gasteiger charge is 2.42. The summed E-state index contributed by atoms with van der Waals surface area (Å²) < 4.78 is 42.6. The van der Waals surface area contributed by atoms with Crippen molar-refractivity contribution in [1.29, 1.82) is 0 Å². The Morgan fingerprint density at radius 2 is 1.87 bits per heavy atom. The lowest BCUT2D eigenvalue weighted by Gasteiger charge is -2.33. The molecule has 11 heteroatoms. The predicted octanol–water partition coefficient (Wildman–Crippen LogP) is 2.65. The third kappa shape index (κ3) is 3.62. The first kappa shape index (κ1) is 19.9. The summed E-state index contributed by atoms with van der Waals surface area (Å²) in [6, 6.07) is 4.91. The van der Waals surface area contributed by atoms with Gasteiger partial charge in [-0.3, -0.25) is 9.48 Å². The fourth-order valence-electron chi connectivity index (χ4n) is 3.84. The van der Waals surface area contributed by atoms with Crippen molar-refractivity contribution in [2.75, 3.05) is 13.1 Å². The maximum absolute atomic E-state index is 13.4. The van der Waals surface area contributed by atoms with Crippen molar-refractivity contribution < 1.29 is 27.9 Å². The van der Waals surface area contributed by atoms with Gasteiger partial charge in [-0.1, -0.05) is 6.07 Å². The van der Waals surface area contributed by atoms with Crippen LogP contribution in [0.1, 0.15) is 40.5 Å². The normalized spacial score (nSPS) is 15.6. The molecule has 0 radical (unpaired) electrons. The number of alkyl halides is 3. The quantitative estimate of drug-likeness (QED) is 0.699. The number of nitrogens with zero attached hydrogens (tertiary/aromatic N) is 5. The topological polar surface area (TPSA) is 92.7 Å². The molecule has 0 atom stereocenters. The van der Waals surface area contributed by atoms with E-state index in [1.165, 1.54) is 0 Å². The van der Waals surface area contributed by atoms with Crippen molar-refractivity contribution in [1.82, 2.24) is 24.3 Å². The molecule has 1 saturated heterocycles. The maximum atomic E-state index is 13.4. The van der Waals surface area contributed by atoms with E-state index >= 15 is 0 Å². The molecule has 0 saturated carbocycles. The average Bonchev–Trinajstić information content (AvgIpc) is 3.33. The smallest absolute Gasteiger partial charge is 0.433 e. The van der Waals surface area contributed by atoms with Gasteiger partial charge in [0.25, 0.3) is 0 Å². The molecule has 0 spiro atoms. The van der Waals surface area contributed by atoms with Crippen molar-refractivity contribution in [3.8, 4) is 0 Å². The number of hydrogen-bond donors (Lipinski definition) is 1. The SMILES string of the molecule is O=C(O)c1cnn(C2CCN(C(=O)Cc3cnn4ccccc34)CC2)c1C(F)(F)F. The van der Waals surface area contributed by atoms with E-state index in [0.29, 0.717) is 0 Å². The first-order chi connectivity index (χ1) is 14.3. The average molecular weight is 421 g/mol. The van der Waals surface area contributed by atoms with Crippen LogP contribution in [0.3, 0.4) is 0 Å². The van der Waals surface area contributed by atoms with E-state index in [4.69, 9.17) is 5.11 Å². The molecule has 3 aromatic rings. The number of pyridine rings is 1. The Kier molecular flexibility index (Phi) is 4.96. The predicted molar refractivity (Wildman–Crippen MR) is 97.9 cm³/mol. The molecule has 4 rings (SSSR count). The van der Waals surface area contributed by atoms with Crippen molar-refractivity contribution in [2.45, 2.75) is 31.5 Å². The van der Waals surface area contributed by atoms with E-state index in [1.807, 2.05) is 18.2 Å². The standard InChI is InChI=1S/C19H18F3N5O3/c20-19(21,22)17-14(18(29)30)11-24-27(17)13-4-7-25(8-5-13)16(28)9-12-10-23-26-6-2-1-3-15(12)26/h1-3,6,10-11,13H,4-5,7-9H2,(H,29,30). The fourth-order valence-corrected chi connectivity index (χ4v) is 3.84. The summed E-state index contributed by atoms with van der Waals surface area (Å²) in [5, 5.41) is 16.9. The molecule has 1 amide bonds. The second-order valence-electron chi connectivity index (χ2n) is 7.14. The number of carboxylic acid groups (broad SMARTS) is 1. The van der Waals surface area contributed by atoms with Crippen LogP contribution in [0.25, 0.3) is 5.52 Å². The second kappa shape index (κ2) is 7.47. The van der Waals surface area contributed by atoms with Crippen LogP contribution in [-0.2, 0) is 17.4 Å². The van der Waals surface area contributed by atoms with Gasteiger partial charge in [0.05, 0.1) is 30.4 Å². The van der Waals surface area contributed by atoms with Gasteiger partial charge in [-0.05, 0) is 25.0 Å². The van der Waals surface area contributed by atoms with Gasteiger partial charge in [0.15, 0.2) is 5.69 Å². The van der Waals surface area contributed by atoms with Crippen LogP contribution in [0.2, 0.25) is 0 Å². The van der Waals surface area contributed by atoms with E-state index < -0.39 is 29.4 Å². The van der Waals surface area contributed by atoms with Gasteiger partial charge >= 0.3 is 12.1 Å². The number of fused-ring (bicyclic) bond motifs is 1. The highest BCUT2D eigenvalue weighted by molar-refractivity contribution is 5.88. The van der Waals surface area contributed by atoms with Crippen molar-refractivity contribution in [3.05, 3.63) is 53.6 Å². The summed E-state index contributed by atoms with van der Waals surface area (Å²) in [4.78, 5) is 25.4. The third-order valence-corrected chi connectivity index (χ3v) is 5.31. The number of amides is 1. The van der Waals surface area contributed by atoms with Crippen LogP contribution in [0.4, 0.5) is 13.2 Å². The van der Waals surface area contributed by atoms with Crippen LogP contribution in [0.15, 0.2) is 36.8 Å². The van der Waals surface area contributed by atoms with Crippen LogP contribution in [0, 0.1) is 0 Å². The maximum Gasteiger partial charge on any atom is 0.433 e.